The minimum atomic E-state index is 0.260. The molecule has 0 atom stereocenters. The van der Waals surface area contributed by atoms with Crippen molar-refractivity contribution in [2.75, 3.05) is 6.26 Å². The molecule has 0 unspecified atom stereocenters. The average molecular weight is 248 g/mol. The van der Waals surface area contributed by atoms with Crippen LogP contribution in [0.2, 0.25) is 0 Å². The number of rotatable bonds is 3. The topological polar surface area (TPSA) is 43.1 Å². The van der Waals surface area contributed by atoms with Crippen LogP contribution in [-0.2, 0) is 5.41 Å². The largest absolute Gasteiger partial charge is 0.238 e. The molecule has 0 spiro atoms. The van der Waals surface area contributed by atoms with Crippen molar-refractivity contribution >= 4 is 17.3 Å². The molecule has 17 heavy (non-hydrogen) atoms. The van der Waals surface area contributed by atoms with E-state index in [2.05, 4.69) is 22.0 Å². The molecule has 2 heterocycles. The van der Waals surface area contributed by atoms with E-state index in [0.29, 0.717) is 0 Å². The van der Waals surface area contributed by atoms with Gasteiger partial charge in [-0.3, -0.25) is 0 Å². The normalized spacial score (nSPS) is 18.2. The number of aromatic nitrogens is 4. The van der Waals surface area contributed by atoms with Crippen LogP contribution in [0.1, 0.15) is 38.4 Å². The summed E-state index contributed by atoms with van der Waals surface area (Å²) in [7, 11) is 0. The van der Waals surface area contributed by atoms with E-state index in [1.807, 2.05) is 23.2 Å². The van der Waals surface area contributed by atoms with E-state index < -0.39 is 0 Å². The Bertz CT molecular complexity index is 539. The SMILES string of the molecule is CCC1(c2ncc3cnc(SC)nn23)CCC1. The minimum Gasteiger partial charge on any atom is -0.238 e. The summed E-state index contributed by atoms with van der Waals surface area (Å²) in [6.07, 6.45) is 10.7. The van der Waals surface area contributed by atoms with E-state index in [1.54, 1.807) is 11.8 Å². The lowest BCUT2D eigenvalue weighted by Crippen LogP contribution is -2.35. The molecule has 2 aromatic rings. The molecule has 0 saturated heterocycles. The first-order valence-corrected chi connectivity index (χ1v) is 7.27. The fraction of sp³-hybridized carbons (Fsp3) is 0.583. The second-order valence-electron chi connectivity index (χ2n) is 4.65. The highest BCUT2D eigenvalue weighted by Gasteiger charge is 2.40. The van der Waals surface area contributed by atoms with Gasteiger partial charge in [-0.1, -0.05) is 25.1 Å². The van der Waals surface area contributed by atoms with Gasteiger partial charge in [-0.2, -0.15) is 0 Å². The van der Waals surface area contributed by atoms with Gasteiger partial charge < -0.3 is 0 Å². The first-order chi connectivity index (χ1) is 8.29. The zero-order valence-electron chi connectivity index (χ0n) is 10.2. The standard InChI is InChI=1S/C12H16N4S/c1-3-12(5-4-6-12)10-13-7-9-8-14-11(17-2)15-16(9)10/h7-8H,3-6H2,1-2H3. The molecule has 0 N–H and O–H groups in total. The number of fused-ring (bicyclic) bond motifs is 1. The molecule has 0 aliphatic heterocycles. The quantitative estimate of drug-likeness (QED) is 0.783. The van der Waals surface area contributed by atoms with Crippen LogP contribution in [-0.4, -0.2) is 25.8 Å². The fourth-order valence-corrected chi connectivity index (χ4v) is 2.90. The summed E-state index contributed by atoms with van der Waals surface area (Å²) in [5.41, 5.74) is 1.26. The van der Waals surface area contributed by atoms with Crippen LogP contribution in [0.15, 0.2) is 17.6 Å². The van der Waals surface area contributed by atoms with Gasteiger partial charge in [0.15, 0.2) is 0 Å². The number of imidazole rings is 1. The van der Waals surface area contributed by atoms with Crippen LogP contribution < -0.4 is 0 Å². The number of nitrogens with zero attached hydrogens (tertiary/aromatic N) is 4. The highest BCUT2D eigenvalue weighted by atomic mass is 32.2. The smallest absolute Gasteiger partial charge is 0.207 e. The Morgan fingerprint density at radius 2 is 2.12 bits per heavy atom. The van der Waals surface area contributed by atoms with Crippen LogP contribution >= 0.6 is 11.8 Å². The van der Waals surface area contributed by atoms with Crippen LogP contribution in [0.4, 0.5) is 0 Å². The van der Waals surface area contributed by atoms with E-state index in [-0.39, 0.29) is 5.41 Å². The number of hydrogen-bond acceptors (Lipinski definition) is 4. The maximum absolute atomic E-state index is 4.59. The first kappa shape index (κ1) is 11.0. The van der Waals surface area contributed by atoms with E-state index in [4.69, 9.17) is 0 Å². The van der Waals surface area contributed by atoms with Gasteiger partial charge in [0.2, 0.25) is 5.16 Å². The zero-order chi connectivity index (χ0) is 11.9. The number of thioether (sulfide) groups is 1. The van der Waals surface area contributed by atoms with E-state index in [0.717, 1.165) is 22.9 Å². The maximum atomic E-state index is 4.59. The second-order valence-corrected chi connectivity index (χ2v) is 5.42. The van der Waals surface area contributed by atoms with Crippen molar-refractivity contribution in [1.29, 1.82) is 0 Å². The molecule has 0 radical (unpaired) electrons. The Morgan fingerprint density at radius 1 is 1.35 bits per heavy atom. The zero-order valence-corrected chi connectivity index (χ0v) is 11.0. The minimum absolute atomic E-state index is 0.260. The lowest BCUT2D eigenvalue weighted by atomic mass is 9.66. The second kappa shape index (κ2) is 3.98. The molecule has 5 heteroatoms. The third-order valence-electron chi connectivity index (χ3n) is 3.90. The summed E-state index contributed by atoms with van der Waals surface area (Å²) in [5, 5.41) is 5.36. The van der Waals surface area contributed by atoms with Crippen LogP contribution in [0.25, 0.3) is 5.52 Å². The lowest BCUT2D eigenvalue weighted by Gasteiger charge is -2.39. The van der Waals surface area contributed by atoms with Gasteiger partial charge in [-0.05, 0) is 25.5 Å². The van der Waals surface area contributed by atoms with Gasteiger partial charge in [-0.15, -0.1) is 5.10 Å². The Balaban J connectivity index is 2.16. The predicted molar refractivity (Wildman–Crippen MR) is 68.4 cm³/mol. The van der Waals surface area contributed by atoms with Crippen molar-refractivity contribution in [1.82, 2.24) is 19.6 Å². The Labute approximate surface area is 105 Å². The summed E-state index contributed by atoms with van der Waals surface area (Å²) < 4.78 is 1.99. The molecule has 4 nitrogen and oxygen atoms in total. The highest BCUT2D eigenvalue weighted by Crippen LogP contribution is 2.45. The summed E-state index contributed by atoms with van der Waals surface area (Å²) in [6.45, 7) is 2.25. The average Bonchev–Trinajstić information content (AvgIpc) is 2.72. The van der Waals surface area contributed by atoms with Crippen LogP contribution in [0, 0.1) is 0 Å². The highest BCUT2D eigenvalue weighted by molar-refractivity contribution is 7.98. The van der Waals surface area contributed by atoms with Gasteiger partial charge in [0, 0.05) is 5.41 Å². The molecule has 1 aliphatic carbocycles. The monoisotopic (exact) mass is 248 g/mol. The van der Waals surface area contributed by atoms with E-state index in [1.165, 1.54) is 19.3 Å². The van der Waals surface area contributed by atoms with E-state index in [9.17, 15) is 0 Å². The van der Waals surface area contributed by atoms with Crippen molar-refractivity contribution in [3.8, 4) is 0 Å². The van der Waals surface area contributed by atoms with Gasteiger partial charge in [0.25, 0.3) is 0 Å². The molecule has 3 rings (SSSR count). The maximum Gasteiger partial charge on any atom is 0.207 e. The molecule has 0 amide bonds. The molecule has 0 aromatic carbocycles. The van der Waals surface area contributed by atoms with Crippen molar-refractivity contribution in [3.05, 3.63) is 18.2 Å². The summed E-state index contributed by atoms with van der Waals surface area (Å²) in [4.78, 5) is 8.87. The van der Waals surface area contributed by atoms with Crippen molar-refractivity contribution < 1.29 is 0 Å². The molecule has 1 aliphatic rings. The van der Waals surface area contributed by atoms with Gasteiger partial charge >= 0.3 is 0 Å². The molecule has 2 aromatic heterocycles. The molecule has 90 valence electrons. The number of hydrogen-bond donors (Lipinski definition) is 0. The molecule has 1 fully saturated rings. The fourth-order valence-electron chi connectivity index (χ4n) is 2.58. The van der Waals surface area contributed by atoms with Crippen molar-refractivity contribution in [3.63, 3.8) is 0 Å². The molecular weight excluding hydrogens is 232 g/mol. The third kappa shape index (κ3) is 1.56. The molecule has 0 bridgehead atoms. The van der Waals surface area contributed by atoms with Gasteiger partial charge in [0.1, 0.15) is 11.3 Å². The third-order valence-corrected chi connectivity index (χ3v) is 4.45. The Hall–Kier alpha value is -1.10. The van der Waals surface area contributed by atoms with Gasteiger partial charge in [0.05, 0.1) is 12.4 Å². The summed E-state index contributed by atoms with van der Waals surface area (Å²) in [6, 6.07) is 0. The molecule has 1 saturated carbocycles. The first-order valence-electron chi connectivity index (χ1n) is 6.04. The van der Waals surface area contributed by atoms with Crippen molar-refractivity contribution in [2.24, 2.45) is 0 Å². The van der Waals surface area contributed by atoms with Crippen LogP contribution in [0.5, 0.6) is 0 Å². The lowest BCUT2D eigenvalue weighted by molar-refractivity contribution is 0.216. The summed E-state index contributed by atoms with van der Waals surface area (Å²) >= 11 is 1.57. The Kier molecular flexibility index (Phi) is 2.58. The van der Waals surface area contributed by atoms with Crippen molar-refractivity contribution in [2.45, 2.75) is 43.2 Å². The predicted octanol–water partition coefficient (Wildman–Crippen LogP) is 2.68. The Morgan fingerprint density at radius 3 is 2.71 bits per heavy atom. The van der Waals surface area contributed by atoms with Crippen LogP contribution in [0.3, 0.4) is 0 Å². The van der Waals surface area contributed by atoms with Gasteiger partial charge in [-0.25, -0.2) is 14.5 Å². The summed E-state index contributed by atoms with van der Waals surface area (Å²) in [5.74, 6) is 1.12. The molecular formula is C12H16N4S. The van der Waals surface area contributed by atoms with E-state index >= 15 is 0 Å².